The van der Waals surface area contributed by atoms with Gasteiger partial charge in [-0.15, -0.1) is 0 Å². The van der Waals surface area contributed by atoms with E-state index >= 15 is 0 Å². The Morgan fingerprint density at radius 1 is 0.935 bits per heavy atom. The summed E-state index contributed by atoms with van der Waals surface area (Å²) in [5, 5.41) is 0. The smallest absolute Gasteiger partial charge is 0.370 e. The molecular formula is C22H18F7NO. The molecule has 31 heavy (non-hydrogen) atoms. The molecule has 0 aliphatic heterocycles. The maximum atomic E-state index is 13.3. The van der Waals surface area contributed by atoms with E-state index in [4.69, 9.17) is 11.3 Å². The number of nitrogens with zero attached hydrogens (tertiary/aromatic N) is 1. The second-order valence-corrected chi connectivity index (χ2v) is 7.51. The largest absolute Gasteiger partial charge is 0.416 e. The Kier molecular flexibility index (Phi) is 6.33. The number of ether oxygens (including phenoxy) is 1. The summed E-state index contributed by atoms with van der Waals surface area (Å²) in [4.78, 5) is 3.57. The van der Waals surface area contributed by atoms with Gasteiger partial charge in [-0.3, -0.25) is 0 Å². The van der Waals surface area contributed by atoms with Crippen molar-refractivity contribution in [2.24, 2.45) is 0 Å². The third-order valence-electron chi connectivity index (χ3n) is 5.44. The van der Waals surface area contributed by atoms with Gasteiger partial charge in [0.1, 0.15) is 5.82 Å². The molecule has 0 radical (unpaired) electrons. The molecule has 0 heterocycles. The molecule has 0 spiro atoms. The van der Waals surface area contributed by atoms with Crippen molar-refractivity contribution in [3.05, 3.63) is 82.0 Å². The van der Waals surface area contributed by atoms with Crippen LogP contribution in [0.25, 0.3) is 4.85 Å². The number of halogens is 7. The van der Waals surface area contributed by atoms with Gasteiger partial charge in [0.2, 0.25) is 6.04 Å². The molecule has 0 saturated heterocycles. The summed E-state index contributed by atoms with van der Waals surface area (Å²) in [6.07, 6.45) is -10.7. The van der Waals surface area contributed by atoms with Crippen LogP contribution in [-0.4, -0.2) is 12.1 Å². The van der Waals surface area contributed by atoms with Crippen LogP contribution in [0.5, 0.6) is 0 Å². The number of alkyl halides is 6. The first-order valence-corrected chi connectivity index (χ1v) is 9.47. The number of hydrogen-bond acceptors (Lipinski definition) is 1. The van der Waals surface area contributed by atoms with Crippen molar-refractivity contribution < 1.29 is 35.5 Å². The van der Waals surface area contributed by atoms with Crippen molar-refractivity contribution in [2.45, 2.75) is 56.3 Å². The van der Waals surface area contributed by atoms with E-state index in [2.05, 4.69) is 4.85 Å². The summed E-state index contributed by atoms with van der Waals surface area (Å²) in [5.41, 5.74) is -2.44. The Morgan fingerprint density at radius 2 is 1.48 bits per heavy atom. The van der Waals surface area contributed by atoms with Crippen molar-refractivity contribution in [2.75, 3.05) is 0 Å². The van der Waals surface area contributed by atoms with Crippen LogP contribution in [0.15, 0.2) is 42.5 Å². The molecule has 0 aromatic heterocycles. The molecule has 0 amide bonds. The third kappa shape index (κ3) is 5.18. The van der Waals surface area contributed by atoms with Crippen LogP contribution >= 0.6 is 0 Å². The molecule has 166 valence electrons. The molecule has 1 fully saturated rings. The number of hydrogen-bond donors (Lipinski definition) is 0. The first kappa shape index (κ1) is 23.1. The fourth-order valence-corrected chi connectivity index (χ4v) is 3.92. The lowest BCUT2D eigenvalue weighted by Gasteiger charge is -2.25. The van der Waals surface area contributed by atoms with Gasteiger partial charge in [-0.2, -0.15) is 26.3 Å². The number of benzene rings is 2. The minimum atomic E-state index is -4.95. The van der Waals surface area contributed by atoms with E-state index in [-0.39, 0.29) is 11.6 Å². The van der Waals surface area contributed by atoms with E-state index in [0.29, 0.717) is 30.5 Å². The molecule has 2 nitrogen and oxygen atoms in total. The summed E-state index contributed by atoms with van der Waals surface area (Å²) < 4.78 is 98.0. The predicted octanol–water partition coefficient (Wildman–Crippen LogP) is 7.17. The summed E-state index contributed by atoms with van der Waals surface area (Å²) in [6, 6.07) is 6.38. The van der Waals surface area contributed by atoms with Crippen molar-refractivity contribution in [3.8, 4) is 0 Å². The van der Waals surface area contributed by atoms with Gasteiger partial charge < -0.3 is 9.58 Å². The predicted molar refractivity (Wildman–Crippen MR) is 98.5 cm³/mol. The van der Waals surface area contributed by atoms with Crippen molar-refractivity contribution in [1.82, 2.24) is 0 Å². The van der Waals surface area contributed by atoms with Crippen LogP contribution in [0, 0.1) is 12.4 Å². The molecule has 2 aromatic carbocycles. The second kappa shape index (κ2) is 8.50. The van der Waals surface area contributed by atoms with Crippen LogP contribution in [0.1, 0.15) is 54.0 Å². The summed E-state index contributed by atoms with van der Waals surface area (Å²) in [6.45, 7) is 8.77. The van der Waals surface area contributed by atoms with Crippen LogP contribution < -0.4 is 0 Å². The molecule has 1 saturated carbocycles. The first-order valence-electron chi connectivity index (χ1n) is 9.47. The quantitative estimate of drug-likeness (QED) is 0.359. The molecule has 4 atom stereocenters. The summed E-state index contributed by atoms with van der Waals surface area (Å²) in [7, 11) is 0. The highest BCUT2D eigenvalue weighted by molar-refractivity contribution is 5.35. The molecule has 1 aliphatic rings. The first-order chi connectivity index (χ1) is 14.4. The molecule has 3 rings (SSSR count). The van der Waals surface area contributed by atoms with Crippen LogP contribution in [0.2, 0.25) is 0 Å². The van der Waals surface area contributed by atoms with Crippen LogP contribution in [0.4, 0.5) is 30.7 Å². The zero-order valence-electron chi connectivity index (χ0n) is 16.3. The zero-order chi connectivity index (χ0) is 23.0. The molecule has 0 N–H and O–H groups in total. The Bertz CT molecular complexity index is 928. The lowest BCUT2D eigenvalue weighted by atomic mass is 9.92. The van der Waals surface area contributed by atoms with Crippen molar-refractivity contribution in [3.63, 3.8) is 0 Å². The molecule has 0 bridgehead atoms. The number of rotatable bonds is 4. The molecule has 1 aliphatic carbocycles. The molecular weight excluding hydrogens is 427 g/mol. The maximum Gasteiger partial charge on any atom is 0.416 e. The lowest BCUT2D eigenvalue weighted by molar-refractivity contribution is -0.143. The van der Waals surface area contributed by atoms with E-state index < -0.39 is 53.5 Å². The van der Waals surface area contributed by atoms with E-state index in [1.54, 1.807) is 0 Å². The monoisotopic (exact) mass is 445 g/mol. The fraction of sp³-hybridized carbons (Fsp3) is 0.409. The van der Waals surface area contributed by atoms with E-state index in [0.717, 1.165) is 0 Å². The van der Waals surface area contributed by atoms with Crippen molar-refractivity contribution in [1.29, 1.82) is 0 Å². The minimum absolute atomic E-state index is 0.0715. The highest BCUT2D eigenvalue weighted by Gasteiger charge is 2.43. The highest BCUT2D eigenvalue weighted by atomic mass is 19.4. The lowest BCUT2D eigenvalue weighted by Crippen LogP contribution is -2.23. The minimum Gasteiger partial charge on any atom is -0.370 e. The van der Waals surface area contributed by atoms with Crippen LogP contribution in [0.3, 0.4) is 0 Å². The highest BCUT2D eigenvalue weighted by Crippen LogP contribution is 2.43. The Morgan fingerprint density at radius 3 is 1.97 bits per heavy atom. The van der Waals surface area contributed by atoms with Gasteiger partial charge >= 0.3 is 12.4 Å². The standard InChI is InChI=1S/C22H18F7NO/c1-12(14-9-15(21(24,25)26)11-16(10-14)22(27,28)29)31-19-8-7-18(30-2)20(19)13-3-5-17(23)6-4-13/h3-6,9-12,18-20H,7-8H2,1H3/t12-,18-,19+,20+/m1/s1. The molecule has 0 unspecified atom stereocenters. The van der Waals surface area contributed by atoms with Gasteiger partial charge in [0.25, 0.3) is 0 Å². The van der Waals surface area contributed by atoms with E-state index in [9.17, 15) is 30.7 Å². The Hall–Kier alpha value is -2.60. The van der Waals surface area contributed by atoms with Gasteiger partial charge in [-0.1, -0.05) is 12.1 Å². The Labute approximate surface area is 174 Å². The Balaban J connectivity index is 1.91. The van der Waals surface area contributed by atoms with Gasteiger partial charge in [0.15, 0.2) is 0 Å². The zero-order valence-corrected chi connectivity index (χ0v) is 16.3. The second-order valence-electron chi connectivity index (χ2n) is 7.51. The van der Waals surface area contributed by atoms with Crippen LogP contribution in [-0.2, 0) is 17.1 Å². The normalized spacial score (nSPS) is 22.9. The van der Waals surface area contributed by atoms with E-state index in [1.807, 2.05) is 0 Å². The van der Waals surface area contributed by atoms with Gasteiger partial charge in [0.05, 0.1) is 29.3 Å². The SMILES string of the molecule is [C-]#[N+][C@@H]1CC[C@H](O[C@H](C)c2cc(C(F)(F)F)cc(C(F)(F)F)c2)[C@H]1c1ccc(F)cc1. The fourth-order valence-electron chi connectivity index (χ4n) is 3.92. The molecule has 9 heteroatoms. The van der Waals surface area contributed by atoms with Gasteiger partial charge in [-0.05, 0) is 54.8 Å². The molecule has 2 aromatic rings. The summed E-state index contributed by atoms with van der Waals surface area (Å²) >= 11 is 0. The average molecular weight is 445 g/mol. The third-order valence-corrected chi connectivity index (χ3v) is 5.44. The van der Waals surface area contributed by atoms with Gasteiger partial charge in [0, 0.05) is 6.42 Å². The average Bonchev–Trinajstić information content (AvgIpc) is 3.09. The van der Waals surface area contributed by atoms with Gasteiger partial charge in [-0.25, -0.2) is 11.0 Å². The summed E-state index contributed by atoms with van der Waals surface area (Å²) in [5.74, 6) is -0.927. The topological polar surface area (TPSA) is 13.6 Å². The van der Waals surface area contributed by atoms with E-state index in [1.165, 1.54) is 31.2 Å². The maximum absolute atomic E-state index is 13.3. The van der Waals surface area contributed by atoms with Crippen molar-refractivity contribution >= 4 is 0 Å².